The molecule has 4 rings (SSSR count). The molecule has 0 aliphatic rings. The van der Waals surface area contributed by atoms with Gasteiger partial charge in [-0.15, -0.1) is 0 Å². The van der Waals surface area contributed by atoms with Crippen LogP contribution in [0.15, 0.2) is 77.4 Å². The van der Waals surface area contributed by atoms with Gasteiger partial charge in [-0.1, -0.05) is 54.6 Å². The molecule has 3 aromatic carbocycles. The summed E-state index contributed by atoms with van der Waals surface area (Å²) in [6, 6.07) is 23.1. The van der Waals surface area contributed by atoms with Crippen molar-refractivity contribution in [3.8, 4) is 11.1 Å². The fraction of sp³-hybridized carbons (Fsp3) is 0. The second-order valence-corrected chi connectivity index (χ2v) is 4.71. The van der Waals surface area contributed by atoms with Crippen molar-refractivity contribution in [3.05, 3.63) is 73.0 Å². The molecule has 4 aromatic rings. The Morgan fingerprint density at radius 1 is 0.684 bits per heavy atom. The van der Waals surface area contributed by atoms with E-state index in [1.807, 2.05) is 24.5 Å². The van der Waals surface area contributed by atoms with E-state index in [-0.39, 0.29) is 0 Å². The van der Waals surface area contributed by atoms with E-state index >= 15 is 0 Å². The van der Waals surface area contributed by atoms with Crippen molar-refractivity contribution in [2.24, 2.45) is 0 Å². The molecule has 19 heavy (non-hydrogen) atoms. The summed E-state index contributed by atoms with van der Waals surface area (Å²) in [6.07, 6.45) is 1.84. The molecule has 1 aromatic heterocycles. The van der Waals surface area contributed by atoms with Crippen LogP contribution in [-0.4, -0.2) is 0 Å². The molecule has 0 bridgehead atoms. The maximum Gasteiger partial charge on any atom is 0.134 e. The van der Waals surface area contributed by atoms with E-state index < -0.39 is 0 Å². The Hall–Kier alpha value is -2.54. The second kappa shape index (κ2) is 3.99. The Bertz CT molecular complexity index is 871. The van der Waals surface area contributed by atoms with Gasteiger partial charge in [0.05, 0.1) is 6.26 Å². The highest BCUT2D eigenvalue weighted by molar-refractivity contribution is 5.96. The Balaban J connectivity index is 1.99. The van der Waals surface area contributed by atoms with Gasteiger partial charge in [-0.3, -0.25) is 0 Å². The van der Waals surface area contributed by atoms with Gasteiger partial charge < -0.3 is 4.42 Å². The molecule has 1 heterocycles. The fourth-order valence-electron chi connectivity index (χ4n) is 2.56. The molecular formula is C18H12O. The number of hydrogen-bond acceptors (Lipinski definition) is 1. The fourth-order valence-corrected chi connectivity index (χ4v) is 2.56. The van der Waals surface area contributed by atoms with Gasteiger partial charge in [0.25, 0.3) is 0 Å². The number of fused-ring (bicyclic) bond motifs is 2. The third-order valence-electron chi connectivity index (χ3n) is 3.54. The first-order chi connectivity index (χ1) is 9.42. The van der Waals surface area contributed by atoms with E-state index in [9.17, 15) is 0 Å². The van der Waals surface area contributed by atoms with Crippen LogP contribution in [0.5, 0.6) is 0 Å². The van der Waals surface area contributed by atoms with Crippen molar-refractivity contribution in [2.75, 3.05) is 0 Å². The zero-order valence-corrected chi connectivity index (χ0v) is 10.3. The van der Waals surface area contributed by atoms with Crippen LogP contribution in [0.25, 0.3) is 32.9 Å². The summed E-state index contributed by atoms with van der Waals surface area (Å²) in [5.74, 6) is 0. The number of rotatable bonds is 1. The molecule has 90 valence electrons. The molecule has 1 nitrogen and oxygen atoms in total. The molecule has 0 aliphatic heterocycles. The monoisotopic (exact) mass is 244 g/mol. The molecule has 0 unspecified atom stereocenters. The van der Waals surface area contributed by atoms with Gasteiger partial charge in [-0.25, -0.2) is 0 Å². The number of para-hydroxylation sites is 1. The highest BCUT2D eigenvalue weighted by Crippen LogP contribution is 2.32. The summed E-state index contributed by atoms with van der Waals surface area (Å²) < 4.78 is 5.62. The van der Waals surface area contributed by atoms with Crippen LogP contribution in [0.2, 0.25) is 0 Å². The summed E-state index contributed by atoms with van der Waals surface area (Å²) in [5, 5.41) is 3.68. The highest BCUT2D eigenvalue weighted by Gasteiger charge is 2.07. The van der Waals surface area contributed by atoms with Crippen molar-refractivity contribution in [1.29, 1.82) is 0 Å². The van der Waals surface area contributed by atoms with Crippen molar-refractivity contribution >= 4 is 21.7 Å². The first-order valence-corrected chi connectivity index (χ1v) is 6.37. The molecule has 0 amide bonds. The van der Waals surface area contributed by atoms with Crippen molar-refractivity contribution in [1.82, 2.24) is 0 Å². The van der Waals surface area contributed by atoms with Gasteiger partial charge in [0.1, 0.15) is 5.58 Å². The maximum absolute atomic E-state index is 5.62. The molecule has 0 saturated heterocycles. The topological polar surface area (TPSA) is 13.1 Å². The zero-order valence-electron chi connectivity index (χ0n) is 10.3. The number of benzene rings is 3. The molecule has 0 saturated carbocycles. The van der Waals surface area contributed by atoms with Crippen LogP contribution in [0.3, 0.4) is 0 Å². The molecule has 0 atom stereocenters. The van der Waals surface area contributed by atoms with Crippen molar-refractivity contribution < 1.29 is 4.42 Å². The third kappa shape index (κ3) is 1.63. The van der Waals surface area contributed by atoms with Crippen LogP contribution < -0.4 is 0 Å². The second-order valence-electron chi connectivity index (χ2n) is 4.71. The van der Waals surface area contributed by atoms with E-state index in [1.54, 1.807) is 0 Å². The van der Waals surface area contributed by atoms with Gasteiger partial charge in [-0.2, -0.15) is 0 Å². The van der Waals surface area contributed by atoms with Crippen LogP contribution in [-0.2, 0) is 0 Å². The van der Waals surface area contributed by atoms with Crippen LogP contribution >= 0.6 is 0 Å². The van der Waals surface area contributed by atoms with Gasteiger partial charge in [-0.05, 0) is 28.5 Å². The lowest BCUT2D eigenvalue weighted by Crippen LogP contribution is -1.77. The molecule has 0 spiro atoms. The highest BCUT2D eigenvalue weighted by atomic mass is 16.3. The Morgan fingerprint density at radius 2 is 1.47 bits per heavy atom. The predicted octanol–water partition coefficient (Wildman–Crippen LogP) is 5.25. The standard InChI is InChI=1S/C18H12O/c1-2-6-14-11-15(10-9-13(14)5-1)17-12-19-18-8-4-3-7-16(17)18/h1-12H. The van der Waals surface area contributed by atoms with Gasteiger partial charge >= 0.3 is 0 Å². The van der Waals surface area contributed by atoms with Crippen molar-refractivity contribution in [2.45, 2.75) is 0 Å². The van der Waals surface area contributed by atoms with Gasteiger partial charge in [0, 0.05) is 10.9 Å². The predicted molar refractivity (Wildman–Crippen MR) is 79.2 cm³/mol. The first-order valence-electron chi connectivity index (χ1n) is 6.37. The molecule has 1 heteroatoms. The summed E-state index contributed by atoms with van der Waals surface area (Å²) in [7, 11) is 0. The first kappa shape index (κ1) is 10.4. The minimum Gasteiger partial charge on any atom is -0.464 e. The zero-order chi connectivity index (χ0) is 12.7. The SMILES string of the molecule is c1ccc2cc(-c3coc4ccccc34)ccc2c1. The summed E-state index contributed by atoms with van der Waals surface area (Å²) in [4.78, 5) is 0. The maximum atomic E-state index is 5.62. The van der Waals surface area contributed by atoms with Crippen LogP contribution in [0.4, 0.5) is 0 Å². The normalized spacial score (nSPS) is 11.2. The van der Waals surface area contributed by atoms with E-state index in [1.165, 1.54) is 16.3 Å². The summed E-state index contributed by atoms with van der Waals surface area (Å²) >= 11 is 0. The quantitative estimate of drug-likeness (QED) is 0.445. The Labute approximate surface area is 111 Å². The lowest BCUT2D eigenvalue weighted by atomic mass is 10.0. The van der Waals surface area contributed by atoms with E-state index in [0.29, 0.717) is 0 Å². The van der Waals surface area contributed by atoms with E-state index in [4.69, 9.17) is 4.42 Å². The van der Waals surface area contributed by atoms with Crippen LogP contribution in [0.1, 0.15) is 0 Å². The smallest absolute Gasteiger partial charge is 0.134 e. The summed E-state index contributed by atoms with van der Waals surface area (Å²) in [6.45, 7) is 0. The summed E-state index contributed by atoms with van der Waals surface area (Å²) in [5.41, 5.74) is 3.29. The Kier molecular flexibility index (Phi) is 2.18. The molecular weight excluding hydrogens is 232 g/mol. The third-order valence-corrected chi connectivity index (χ3v) is 3.54. The number of hydrogen-bond donors (Lipinski definition) is 0. The lowest BCUT2D eigenvalue weighted by Gasteiger charge is -2.02. The molecule has 0 N–H and O–H groups in total. The lowest BCUT2D eigenvalue weighted by molar-refractivity contribution is 0.617. The number of furan rings is 1. The minimum absolute atomic E-state index is 0.936. The van der Waals surface area contributed by atoms with Gasteiger partial charge in [0.15, 0.2) is 0 Å². The minimum atomic E-state index is 0.936. The van der Waals surface area contributed by atoms with Crippen LogP contribution in [0, 0.1) is 0 Å². The Morgan fingerprint density at radius 3 is 2.42 bits per heavy atom. The molecule has 0 radical (unpaired) electrons. The van der Waals surface area contributed by atoms with E-state index in [2.05, 4.69) is 48.5 Å². The average molecular weight is 244 g/mol. The molecule has 0 aliphatic carbocycles. The average Bonchev–Trinajstić information content (AvgIpc) is 2.91. The largest absolute Gasteiger partial charge is 0.464 e. The van der Waals surface area contributed by atoms with E-state index in [0.717, 1.165) is 16.5 Å². The van der Waals surface area contributed by atoms with Gasteiger partial charge in [0.2, 0.25) is 0 Å². The molecule has 0 fully saturated rings. The van der Waals surface area contributed by atoms with Crippen molar-refractivity contribution in [3.63, 3.8) is 0 Å².